The summed E-state index contributed by atoms with van der Waals surface area (Å²) in [6.07, 6.45) is -0.222. The van der Waals surface area contributed by atoms with E-state index in [0.29, 0.717) is 41.0 Å². The molecule has 176 valence electrons. The topological polar surface area (TPSA) is 85.8 Å². The lowest BCUT2D eigenvalue weighted by molar-refractivity contribution is 0.145. The third kappa shape index (κ3) is 5.64. The minimum Gasteiger partial charge on any atom is -0.491 e. The first-order valence-corrected chi connectivity index (χ1v) is 11.8. The fourth-order valence-electron chi connectivity index (χ4n) is 4.21. The number of nitrogens with two attached hydrogens (primary N) is 1. The van der Waals surface area contributed by atoms with Crippen LogP contribution in [0.25, 0.3) is 0 Å². The second-order valence-electron chi connectivity index (χ2n) is 8.21. The number of ether oxygens (including phenoxy) is 1. The van der Waals surface area contributed by atoms with E-state index in [1.54, 1.807) is 6.07 Å². The summed E-state index contributed by atoms with van der Waals surface area (Å²) in [4.78, 5) is 4.46. The maximum absolute atomic E-state index is 9.07. The van der Waals surface area contributed by atoms with Crippen molar-refractivity contribution in [2.45, 2.75) is 18.8 Å². The molecule has 0 amide bonds. The smallest absolute Gasteiger partial charge is 0.121 e. The number of hydrogen-bond acceptors (Lipinski definition) is 6. The highest BCUT2D eigenvalue weighted by atomic mass is 35.5. The van der Waals surface area contributed by atoms with Crippen LogP contribution in [0.4, 0.5) is 5.69 Å². The van der Waals surface area contributed by atoms with Gasteiger partial charge in [0.15, 0.2) is 0 Å². The van der Waals surface area contributed by atoms with Gasteiger partial charge in [0.25, 0.3) is 0 Å². The van der Waals surface area contributed by atoms with Crippen molar-refractivity contribution in [3.63, 3.8) is 0 Å². The molecule has 2 atom stereocenters. The van der Waals surface area contributed by atoms with Gasteiger partial charge in [0.1, 0.15) is 12.4 Å². The summed E-state index contributed by atoms with van der Waals surface area (Å²) in [6.45, 7) is 2.07. The molecule has 3 aromatic carbocycles. The summed E-state index contributed by atoms with van der Waals surface area (Å²) < 4.78 is 5.50. The van der Waals surface area contributed by atoms with Crippen molar-refractivity contribution in [2.24, 2.45) is 5.73 Å². The average molecular weight is 497 g/mol. The van der Waals surface area contributed by atoms with Crippen molar-refractivity contribution >= 4 is 28.9 Å². The molecule has 1 fully saturated rings. The lowest BCUT2D eigenvalue weighted by atomic mass is 9.99. The molecule has 1 saturated heterocycles. The Kier molecular flexibility index (Phi) is 7.94. The van der Waals surface area contributed by atoms with Gasteiger partial charge in [-0.15, -0.1) is 0 Å². The number of piperazine rings is 1. The number of hydrogen-bond donors (Lipinski definition) is 2. The number of aliphatic hydroxyl groups excluding tert-OH is 1. The van der Waals surface area contributed by atoms with Crippen molar-refractivity contribution < 1.29 is 9.84 Å². The highest BCUT2D eigenvalue weighted by Gasteiger charge is 2.34. The SMILES string of the molecule is N#Cc1ccc(CN2C[C@@H](c3ccc(Cl)cc3)N(c3ccc(OCCO)cc3Cl)C[C@H]2N)cc1. The van der Waals surface area contributed by atoms with Crippen molar-refractivity contribution in [3.8, 4) is 11.8 Å². The Morgan fingerprint density at radius 2 is 1.76 bits per heavy atom. The highest BCUT2D eigenvalue weighted by molar-refractivity contribution is 6.33. The molecule has 0 aromatic heterocycles. The molecule has 6 nitrogen and oxygen atoms in total. The molecule has 1 heterocycles. The first-order valence-electron chi connectivity index (χ1n) is 11.0. The minimum absolute atomic E-state index is 0.00263. The van der Waals surface area contributed by atoms with Crippen LogP contribution in [-0.2, 0) is 6.54 Å². The van der Waals surface area contributed by atoms with Crippen LogP contribution >= 0.6 is 23.2 Å². The molecular weight excluding hydrogens is 471 g/mol. The van der Waals surface area contributed by atoms with E-state index in [1.165, 1.54) is 0 Å². The third-order valence-corrected chi connectivity index (χ3v) is 6.50. The number of anilines is 1. The Bertz CT molecular complexity index is 1150. The zero-order valence-electron chi connectivity index (χ0n) is 18.6. The molecule has 3 N–H and O–H groups in total. The molecule has 0 radical (unpaired) electrons. The average Bonchev–Trinajstić information content (AvgIpc) is 2.85. The standard InChI is InChI=1S/C26H26Cl2N4O2/c27-21-7-5-20(6-8-21)25-16-31(15-19-3-1-18(14-29)2-4-19)26(30)17-32(25)24-10-9-22(13-23(24)28)34-12-11-33/h1-10,13,25-26,33H,11-12,15-17,30H2/t25-,26-/m0/s1. The van der Waals surface area contributed by atoms with Crippen molar-refractivity contribution in [1.29, 1.82) is 5.26 Å². The quantitative estimate of drug-likeness (QED) is 0.497. The molecule has 4 rings (SSSR count). The molecule has 8 heteroatoms. The number of rotatable bonds is 7. The van der Waals surface area contributed by atoms with E-state index >= 15 is 0 Å². The summed E-state index contributed by atoms with van der Waals surface area (Å²) in [6, 6.07) is 23.1. The monoisotopic (exact) mass is 496 g/mol. The van der Waals surface area contributed by atoms with Gasteiger partial charge in [-0.1, -0.05) is 47.5 Å². The van der Waals surface area contributed by atoms with Crippen LogP contribution in [0.15, 0.2) is 66.7 Å². The fourth-order valence-corrected chi connectivity index (χ4v) is 4.62. The third-order valence-electron chi connectivity index (χ3n) is 5.95. The molecule has 0 saturated carbocycles. The van der Waals surface area contributed by atoms with Crippen LogP contribution in [0, 0.1) is 11.3 Å². The van der Waals surface area contributed by atoms with Crippen molar-refractivity contribution in [1.82, 2.24) is 4.90 Å². The van der Waals surface area contributed by atoms with Gasteiger partial charge < -0.3 is 20.5 Å². The van der Waals surface area contributed by atoms with E-state index in [9.17, 15) is 0 Å². The molecule has 1 aliphatic heterocycles. The summed E-state index contributed by atoms with van der Waals surface area (Å²) in [5.74, 6) is 0.606. The zero-order chi connectivity index (χ0) is 24.1. The maximum atomic E-state index is 9.07. The van der Waals surface area contributed by atoms with Gasteiger partial charge in [-0.25, -0.2) is 0 Å². The molecule has 0 spiro atoms. The van der Waals surface area contributed by atoms with E-state index in [2.05, 4.69) is 15.9 Å². The first kappa shape index (κ1) is 24.3. The lowest BCUT2D eigenvalue weighted by Crippen LogP contribution is -2.58. The largest absolute Gasteiger partial charge is 0.491 e. The van der Waals surface area contributed by atoms with Crippen LogP contribution < -0.4 is 15.4 Å². The Balaban J connectivity index is 1.62. The van der Waals surface area contributed by atoms with Crippen molar-refractivity contribution in [3.05, 3.63) is 93.5 Å². The molecule has 34 heavy (non-hydrogen) atoms. The Morgan fingerprint density at radius 1 is 1.03 bits per heavy atom. The van der Waals surface area contributed by atoms with E-state index < -0.39 is 0 Å². The second kappa shape index (κ2) is 11.1. The van der Waals surface area contributed by atoms with Crippen LogP contribution in [0.2, 0.25) is 10.0 Å². The van der Waals surface area contributed by atoms with Crippen LogP contribution in [0.5, 0.6) is 5.75 Å². The summed E-state index contributed by atoms with van der Waals surface area (Å²) in [7, 11) is 0. The molecular formula is C26H26Cl2N4O2. The number of nitriles is 1. The number of benzene rings is 3. The van der Waals surface area contributed by atoms with Gasteiger partial charge in [0.05, 0.1) is 41.2 Å². The number of aliphatic hydroxyl groups is 1. The molecule has 0 aliphatic carbocycles. The highest BCUT2D eigenvalue weighted by Crippen LogP contribution is 2.38. The number of nitrogens with zero attached hydrogens (tertiary/aromatic N) is 3. The van der Waals surface area contributed by atoms with E-state index in [0.717, 1.165) is 16.8 Å². The predicted molar refractivity (Wildman–Crippen MR) is 135 cm³/mol. The maximum Gasteiger partial charge on any atom is 0.121 e. The Labute approximate surface area is 209 Å². The van der Waals surface area contributed by atoms with Gasteiger partial charge in [-0.3, -0.25) is 4.90 Å². The predicted octanol–water partition coefficient (Wildman–Crippen LogP) is 4.58. The van der Waals surface area contributed by atoms with Crippen LogP contribution in [0.3, 0.4) is 0 Å². The van der Waals surface area contributed by atoms with Gasteiger partial charge in [0.2, 0.25) is 0 Å². The molecule has 0 bridgehead atoms. The Hall–Kier alpha value is -2.79. The van der Waals surface area contributed by atoms with Gasteiger partial charge in [0, 0.05) is 30.7 Å². The van der Waals surface area contributed by atoms with Crippen LogP contribution in [0.1, 0.15) is 22.7 Å². The van der Waals surface area contributed by atoms with Gasteiger partial charge >= 0.3 is 0 Å². The van der Waals surface area contributed by atoms with Crippen LogP contribution in [-0.4, -0.2) is 42.5 Å². The summed E-state index contributed by atoms with van der Waals surface area (Å²) in [5, 5.41) is 19.3. The number of halogens is 2. The summed E-state index contributed by atoms with van der Waals surface area (Å²) >= 11 is 12.8. The first-order chi connectivity index (χ1) is 16.5. The lowest BCUT2D eigenvalue weighted by Gasteiger charge is -2.46. The minimum atomic E-state index is -0.222. The molecule has 1 aliphatic rings. The van der Waals surface area contributed by atoms with Crippen molar-refractivity contribution in [2.75, 3.05) is 31.2 Å². The van der Waals surface area contributed by atoms with E-state index in [1.807, 2.05) is 60.7 Å². The zero-order valence-corrected chi connectivity index (χ0v) is 20.1. The second-order valence-corrected chi connectivity index (χ2v) is 9.05. The summed E-state index contributed by atoms with van der Waals surface area (Å²) in [5.41, 5.74) is 10.3. The van der Waals surface area contributed by atoms with E-state index in [4.69, 9.17) is 44.0 Å². The Morgan fingerprint density at radius 3 is 2.41 bits per heavy atom. The van der Waals surface area contributed by atoms with Gasteiger partial charge in [-0.05, 0) is 47.5 Å². The van der Waals surface area contributed by atoms with E-state index in [-0.39, 0.29) is 25.4 Å². The van der Waals surface area contributed by atoms with Gasteiger partial charge in [-0.2, -0.15) is 5.26 Å². The molecule has 3 aromatic rings. The normalized spacial score (nSPS) is 18.5. The fraction of sp³-hybridized carbons (Fsp3) is 0.269. The molecule has 0 unspecified atom stereocenters.